The van der Waals surface area contributed by atoms with Crippen molar-refractivity contribution in [3.8, 4) is 0 Å². The van der Waals surface area contributed by atoms with Gasteiger partial charge < -0.3 is 4.74 Å². The molecular weight excluding hydrogens is 240 g/mol. The summed E-state index contributed by atoms with van der Waals surface area (Å²) >= 11 is 0. The summed E-state index contributed by atoms with van der Waals surface area (Å²) in [5.74, 6) is -5.20. The van der Waals surface area contributed by atoms with Crippen molar-refractivity contribution in [2.45, 2.75) is 30.8 Å². The molecule has 0 amide bonds. The minimum absolute atomic E-state index is 0.291. The van der Waals surface area contributed by atoms with Crippen molar-refractivity contribution < 1.29 is 39.9 Å². The average molecular weight is 246 g/mol. The van der Waals surface area contributed by atoms with Gasteiger partial charge in [0.2, 0.25) is 6.17 Å². The molecule has 2 unspecified atom stereocenters. The molecule has 0 spiro atoms. The monoisotopic (exact) mass is 246 g/mol. The van der Waals surface area contributed by atoms with Crippen LogP contribution >= 0.6 is 0 Å². The number of methoxy groups -OCH3 is 1. The molecule has 15 heavy (non-hydrogen) atoms. The SMILES string of the molecule is COC(C(F)C(F)(F)F)C(F)(F)C(F)F. The smallest absolute Gasteiger partial charge is 0.371 e. The topological polar surface area (TPSA) is 9.23 Å². The fourth-order valence-corrected chi connectivity index (χ4v) is 0.768. The first kappa shape index (κ1) is 14.4. The standard InChI is InChI=1S/C6H6F8O/c1-15-3(2(7)6(12,13)14)5(10,11)4(8)9/h2-4H,1H3. The summed E-state index contributed by atoms with van der Waals surface area (Å²) in [6.07, 6.45) is -17.9. The lowest BCUT2D eigenvalue weighted by molar-refractivity contribution is -0.271. The Morgan fingerprint density at radius 1 is 0.933 bits per heavy atom. The number of halogens is 8. The Balaban J connectivity index is 4.92. The van der Waals surface area contributed by atoms with Crippen LogP contribution in [0.15, 0.2) is 0 Å². The summed E-state index contributed by atoms with van der Waals surface area (Å²) in [6.45, 7) is 0. The van der Waals surface area contributed by atoms with Crippen molar-refractivity contribution in [2.24, 2.45) is 0 Å². The molecule has 0 fully saturated rings. The lowest BCUT2D eigenvalue weighted by atomic mass is 10.1. The minimum Gasteiger partial charge on any atom is -0.371 e. The van der Waals surface area contributed by atoms with Gasteiger partial charge in [0.1, 0.15) is 0 Å². The van der Waals surface area contributed by atoms with Crippen LogP contribution in [0.25, 0.3) is 0 Å². The van der Waals surface area contributed by atoms with E-state index in [2.05, 4.69) is 4.74 Å². The van der Waals surface area contributed by atoms with Gasteiger partial charge in [-0.15, -0.1) is 0 Å². The van der Waals surface area contributed by atoms with E-state index in [4.69, 9.17) is 0 Å². The number of hydrogen-bond acceptors (Lipinski definition) is 1. The molecule has 0 saturated carbocycles. The van der Waals surface area contributed by atoms with Crippen LogP contribution in [0.3, 0.4) is 0 Å². The number of rotatable bonds is 4. The molecule has 0 rings (SSSR count). The lowest BCUT2D eigenvalue weighted by Crippen LogP contribution is -2.52. The molecule has 0 radical (unpaired) electrons. The van der Waals surface area contributed by atoms with E-state index < -0.39 is 30.8 Å². The van der Waals surface area contributed by atoms with Gasteiger partial charge >= 0.3 is 18.5 Å². The largest absolute Gasteiger partial charge is 0.422 e. The second kappa shape index (κ2) is 4.50. The molecule has 0 aromatic carbocycles. The van der Waals surface area contributed by atoms with Crippen LogP contribution in [0, 0.1) is 0 Å². The second-order valence-corrected chi connectivity index (χ2v) is 2.57. The number of ether oxygens (including phenoxy) is 1. The van der Waals surface area contributed by atoms with Gasteiger partial charge in [0.15, 0.2) is 6.10 Å². The van der Waals surface area contributed by atoms with Crippen LogP contribution in [0.2, 0.25) is 0 Å². The summed E-state index contributed by atoms with van der Waals surface area (Å²) in [4.78, 5) is 0. The fourth-order valence-electron chi connectivity index (χ4n) is 0.768. The first-order valence-corrected chi connectivity index (χ1v) is 3.44. The molecule has 0 saturated heterocycles. The molecule has 0 aliphatic rings. The Morgan fingerprint density at radius 3 is 1.53 bits per heavy atom. The highest BCUT2D eigenvalue weighted by Gasteiger charge is 2.60. The Bertz CT molecular complexity index is 200. The third-order valence-corrected chi connectivity index (χ3v) is 1.50. The van der Waals surface area contributed by atoms with Gasteiger partial charge in [-0.3, -0.25) is 0 Å². The summed E-state index contributed by atoms with van der Waals surface area (Å²) in [5.41, 5.74) is 0. The first-order chi connectivity index (χ1) is 6.55. The van der Waals surface area contributed by atoms with E-state index in [0.717, 1.165) is 0 Å². The quantitative estimate of drug-likeness (QED) is 0.693. The van der Waals surface area contributed by atoms with Crippen LogP contribution in [0.5, 0.6) is 0 Å². The van der Waals surface area contributed by atoms with Gasteiger partial charge in [0.05, 0.1) is 0 Å². The van der Waals surface area contributed by atoms with Gasteiger partial charge in [0, 0.05) is 7.11 Å². The predicted molar refractivity (Wildman–Crippen MR) is 32.7 cm³/mol. The van der Waals surface area contributed by atoms with Crippen LogP contribution in [-0.4, -0.2) is 37.9 Å². The van der Waals surface area contributed by atoms with Gasteiger partial charge in [-0.05, 0) is 0 Å². The zero-order valence-electron chi connectivity index (χ0n) is 7.16. The molecule has 0 aromatic heterocycles. The number of hydrogen-bond donors (Lipinski definition) is 0. The van der Waals surface area contributed by atoms with Crippen LogP contribution in [0.4, 0.5) is 35.1 Å². The third-order valence-electron chi connectivity index (χ3n) is 1.50. The summed E-state index contributed by atoms with van der Waals surface area (Å²) < 4.78 is 98.8. The Kier molecular flexibility index (Phi) is 4.32. The predicted octanol–water partition coefficient (Wildman–Crippen LogP) is 2.80. The normalized spacial score (nSPS) is 18.0. The minimum atomic E-state index is -5.68. The van der Waals surface area contributed by atoms with E-state index in [9.17, 15) is 35.1 Å². The van der Waals surface area contributed by atoms with Crippen LogP contribution in [-0.2, 0) is 4.74 Å². The van der Waals surface area contributed by atoms with Crippen molar-refractivity contribution in [1.82, 2.24) is 0 Å². The van der Waals surface area contributed by atoms with Crippen molar-refractivity contribution in [3.05, 3.63) is 0 Å². The Labute approximate surface area is 79.0 Å². The molecule has 0 heterocycles. The maximum Gasteiger partial charge on any atom is 0.422 e. The molecule has 0 aromatic rings. The number of alkyl halides is 8. The lowest BCUT2D eigenvalue weighted by Gasteiger charge is -2.28. The molecule has 0 bridgehead atoms. The van der Waals surface area contributed by atoms with E-state index >= 15 is 0 Å². The molecule has 9 heteroatoms. The molecule has 1 nitrogen and oxygen atoms in total. The van der Waals surface area contributed by atoms with Crippen LogP contribution in [0.1, 0.15) is 0 Å². The Hall–Kier alpha value is -0.600. The summed E-state index contributed by atoms with van der Waals surface area (Å²) in [6, 6.07) is 0. The zero-order chi connectivity index (χ0) is 12.4. The average Bonchev–Trinajstić information content (AvgIpc) is 2.02. The first-order valence-electron chi connectivity index (χ1n) is 3.44. The van der Waals surface area contributed by atoms with Crippen molar-refractivity contribution in [3.63, 3.8) is 0 Å². The highest BCUT2D eigenvalue weighted by atomic mass is 19.4. The van der Waals surface area contributed by atoms with Crippen molar-refractivity contribution in [2.75, 3.05) is 7.11 Å². The van der Waals surface area contributed by atoms with E-state index in [0.29, 0.717) is 7.11 Å². The van der Waals surface area contributed by atoms with E-state index in [1.54, 1.807) is 0 Å². The fraction of sp³-hybridized carbons (Fsp3) is 1.00. The van der Waals surface area contributed by atoms with Gasteiger partial charge in [-0.25, -0.2) is 13.2 Å². The molecular formula is C6H6F8O. The van der Waals surface area contributed by atoms with E-state index in [1.807, 2.05) is 0 Å². The summed E-state index contributed by atoms with van der Waals surface area (Å²) in [7, 11) is 0.291. The molecule has 0 N–H and O–H groups in total. The van der Waals surface area contributed by atoms with Gasteiger partial charge in [0.25, 0.3) is 0 Å². The maximum atomic E-state index is 12.4. The van der Waals surface area contributed by atoms with Crippen molar-refractivity contribution in [1.29, 1.82) is 0 Å². The third kappa shape index (κ3) is 3.18. The molecule has 0 aliphatic heterocycles. The van der Waals surface area contributed by atoms with Gasteiger partial charge in [-0.2, -0.15) is 22.0 Å². The van der Waals surface area contributed by atoms with Crippen molar-refractivity contribution >= 4 is 0 Å². The highest BCUT2D eigenvalue weighted by Crippen LogP contribution is 2.37. The molecule has 92 valence electrons. The summed E-state index contributed by atoms with van der Waals surface area (Å²) in [5, 5.41) is 0. The van der Waals surface area contributed by atoms with Gasteiger partial charge in [-0.1, -0.05) is 0 Å². The highest BCUT2D eigenvalue weighted by molar-refractivity contribution is 4.89. The van der Waals surface area contributed by atoms with E-state index in [-0.39, 0.29) is 0 Å². The molecule has 0 aliphatic carbocycles. The maximum absolute atomic E-state index is 12.4. The van der Waals surface area contributed by atoms with Crippen LogP contribution < -0.4 is 0 Å². The molecule has 2 atom stereocenters. The van der Waals surface area contributed by atoms with E-state index in [1.165, 1.54) is 0 Å². The Morgan fingerprint density at radius 2 is 1.33 bits per heavy atom. The second-order valence-electron chi connectivity index (χ2n) is 2.57. The zero-order valence-corrected chi connectivity index (χ0v) is 7.16.